The van der Waals surface area contributed by atoms with Crippen molar-refractivity contribution in [1.82, 2.24) is 10.2 Å². The molecule has 0 spiro atoms. The largest absolute Gasteiger partial charge is 0.314 e. The summed E-state index contributed by atoms with van der Waals surface area (Å²) >= 11 is 0. The van der Waals surface area contributed by atoms with Crippen molar-refractivity contribution in [2.45, 2.75) is 77.0 Å². The van der Waals surface area contributed by atoms with Crippen LogP contribution in [0.25, 0.3) is 0 Å². The van der Waals surface area contributed by atoms with Crippen LogP contribution >= 0.6 is 0 Å². The van der Waals surface area contributed by atoms with Gasteiger partial charge in [0, 0.05) is 24.2 Å². The minimum atomic E-state index is 0.796. The lowest BCUT2D eigenvalue weighted by molar-refractivity contribution is 0.0760. The zero-order valence-corrected chi connectivity index (χ0v) is 10.5. The van der Waals surface area contributed by atoms with Crippen molar-refractivity contribution in [2.24, 2.45) is 0 Å². The number of piperidine rings is 1. The second kappa shape index (κ2) is 4.84. The molecule has 0 saturated carbocycles. The van der Waals surface area contributed by atoms with E-state index in [1.54, 1.807) is 0 Å². The molecule has 3 unspecified atom stereocenters. The molecule has 2 heterocycles. The van der Waals surface area contributed by atoms with Crippen LogP contribution in [-0.4, -0.2) is 35.6 Å². The Morgan fingerprint density at radius 1 is 1.20 bits per heavy atom. The predicted octanol–water partition coefficient (Wildman–Crippen LogP) is 2.39. The van der Waals surface area contributed by atoms with E-state index in [9.17, 15) is 0 Å². The Balaban J connectivity index is 1.97. The first kappa shape index (κ1) is 11.4. The van der Waals surface area contributed by atoms with E-state index in [1.807, 2.05) is 0 Å². The van der Waals surface area contributed by atoms with Crippen LogP contribution in [0.15, 0.2) is 0 Å². The smallest absolute Gasteiger partial charge is 0.0116 e. The Kier molecular flexibility index (Phi) is 3.68. The lowest BCUT2D eigenvalue weighted by Gasteiger charge is -2.42. The molecule has 2 aliphatic heterocycles. The third-order valence-corrected chi connectivity index (χ3v) is 4.38. The molecule has 15 heavy (non-hydrogen) atoms. The molecule has 0 amide bonds. The topological polar surface area (TPSA) is 15.3 Å². The lowest BCUT2D eigenvalue weighted by atomic mass is 9.95. The summed E-state index contributed by atoms with van der Waals surface area (Å²) in [5.41, 5.74) is 0. The fraction of sp³-hybridized carbons (Fsp3) is 1.00. The van der Waals surface area contributed by atoms with Gasteiger partial charge in [0.15, 0.2) is 0 Å². The van der Waals surface area contributed by atoms with E-state index in [-0.39, 0.29) is 0 Å². The third kappa shape index (κ3) is 2.21. The summed E-state index contributed by atoms with van der Waals surface area (Å²) in [6, 6.07) is 3.35. The van der Waals surface area contributed by atoms with Crippen LogP contribution in [0, 0.1) is 0 Å². The van der Waals surface area contributed by atoms with Crippen molar-refractivity contribution in [1.29, 1.82) is 0 Å². The number of rotatable bonds is 4. The van der Waals surface area contributed by atoms with Gasteiger partial charge in [-0.1, -0.05) is 13.8 Å². The Morgan fingerprint density at radius 2 is 1.80 bits per heavy atom. The van der Waals surface area contributed by atoms with E-state index in [0.29, 0.717) is 0 Å². The van der Waals surface area contributed by atoms with Gasteiger partial charge >= 0.3 is 0 Å². The highest BCUT2D eigenvalue weighted by Crippen LogP contribution is 2.37. The van der Waals surface area contributed by atoms with E-state index >= 15 is 0 Å². The average molecular weight is 210 g/mol. The monoisotopic (exact) mass is 210 g/mol. The van der Waals surface area contributed by atoms with Gasteiger partial charge in [0.2, 0.25) is 0 Å². The molecule has 1 N–H and O–H groups in total. The van der Waals surface area contributed by atoms with Gasteiger partial charge in [0.25, 0.3) is 0 Å². The summed E-state index contributed by atoms with van der Waals surface area (Å²) in [4.78, 5) is 2.81. The van der Waals surface area contributed by atoms with Gasteiger partial charge in [-0.3, -0.25) is 4.90 Å². The fourth-order valence-electron chi connectivity index (χ4n) is 3.60. The molecule has 88 valence electrons. The molecular formula is C13H26N2. The summed E-state index contributed by atoms with van der Waals surface area (Å²) < 4.78 is 0. The lowest BCUT2D eigenvalue weighted by Crippen LogP contribution is -2.52. The Hall–Kier alpha value is -0.0800. The van der Waals surface area contributed by atoms with Crippen LogP contribution < -0.4 is 5.32 Å². The quantitative estimate of drug-likeness (QED) is 0.766. The highest BCUT2D eigenvalue weighted by molar-refractivity contribution is 4.98. The second-order valence-electron chi connectivity index (χ2n) is 5.32. The predicted molar refractivity (Wildman–Crippen MR) is 65.1 cm³/mol. The molecule has 0 radical (unpaired) electrons. The average Bonchev–Trinajstić information content (AvgIpc) is 2.50. The van der Waals surface area contributed by atoms with Gasteiger partial charge in [0.05, 0.1) is 0 Å². The molecule has 2 bridgehead atoms. The molecular weight excluding hydrogens is 184 g/mol. The number of fused-ring (bicyclic) bond motifs is 2. The molecule has 0 aromatic rings. The highest BCUT2D eigenvalue weighted by atomic mass is 15.3. The number of nitrogens with one attached hydrogen (secondary N) is 1. The van der Waals surface area contributed by atoms with Gasteiger partial charge in [-0.25, -0.2) is 0 Å². The first-order valence-electron chi connectivity index (χ1n) is 6.77. The Morgan fingerprint density at radius 3 is 2.27 bits per heavy atom. The van der Waals surface area contributed by atoms with Gasteiger partial charge in [0.1, 0.15) is 0 Å². The zero-order valence-electron chi connectivity index (χ0n) is 10.5. The summed E-state index contributed by atoms with van der Waals surface area (Å²) in [7, 11) is 0. The van der Waals surface area contributed by atoms with E-state index in [2.05, 4.69) is 31.0 Å². The van der Waals surface area contributed by atoms with E-state index in [1.165, 1.54) is 32.1 Å². The molecule has 0 aliphatic carbocycles. The Bertz CT molecular complexity index is 191. The van der Waals surface area contributed by atoms with Crippen molar-refractivity contribution < 1.29 is 0 Å². The molecule has 0 aromatic carbocycles. The maximum Gasteiger partial charge on any atom is 0.0116 e. The van der Waals surface area contributed by atoms with Crippen LogP contribution in [0.5, 0.6) is 0 Å². The van der Waals surface area contributed by atoms with E-state index in [4.69, 9.17) is 0 Å². The van der Waals surface area contributed by atoms with Crippen LogP contribution in [0.1, 0.15) is 52.9 Å². The summed E-state index contributed by atoms with van der Waals surface area (Å²) in [6.07, 6.45) is 6.95. The fourth-order valence-corrected chi connectivity index (χ4v) is 3.60. The normalized spacial score (nSPS) is 38.2. The van der Waals surface area contributed by atoms with Crippen molar-refractivity contribution in [3.05, 3.63) is 0 Å². The van der Waals surface area contributed by atoms with Crippen molar-refractivity contribution in [3.8, 4) is 0 Å². The molecule has 0 aromatic heterocycles. The van der Waals surface area contributed by atoms with Crippen LogP contribution in [0.4, 0.5) is 0 Å². The summed E-state index contributed by atoms with van der Waals surface area (Å²) in [6.45, 7) is 8.08. The Labute approximate surface area is 94.4 Å². The maximum absolute atomic E-state index is 3.64. The molecule has 2 aliphatic rings. The van der Waals surface area contributed by atoms with Gasteiger partial charge < -0.3 is 5.32 Å². The number of hydrogen-bond acceptors (Lipinski definition) is 2. The maximum atomic E-state index is 3.64. The minimum absolute atomic E-state index is 0.796. The molecule has 2 nitrogen and oxygen atoms in total. The first-order valence-corrected chi connectivity index (χ1v) is 6.77. The molecule has 2 heteroatoms. The van der Waals surface area contributed by atoms with E-state index < -0.39 is 0 Å². The van der Waals surface area contributed by atoms with E-state index in [0.717, 1.165) is 30.7 Å². The van der Waals surface area contributed by atoms with Crippen molar-refractivity contribution >= 4 is 0 Å². The standard InChI is InChI=1S/C13H26N2/c1-4-10(3)15-12-6-7-13(15)9-11(8-12)14-5-2/h10-14H,4-9H2,1-3H3. The zero-order chi connectivity index (χ0) is 10.8. The second-order valence-corrected chi connectivity index (χ2v) is 5.32. The molecule has 2 fully saturated rings. The first-order chi connectivity index (χ1) is 7.26. The number of hydrogen-bond donors (Lipinski definition) is 1. The highest BCUT2D eigenvalue weighted by Gasteiger charge is 2.41. The van der Waals surface area contributed by atoms with Crippen LogP contribution in [0.3, 0.4) is 0 Å². The van der Waals surface area contributed by atoms with Crippen molar-refractivity contribution in [2.75, 3.05) is 6.54 Å². The van der Waals surface area contributed by atoms with Gasteiger partial charge in [-0.2, -0.15) is 0 Å². The van der Waals surface area contributed by atoms with Gasteiger partial charge in [-0.05, 0) is 45.6 Å². The summed E-state index contributed by atoms with van der Waals surface area (Å²) in [5, 5.41) is 3.64. The molecule has 2 saturated heterocycles. The summed E-state index contributed by atoms with van der Waals surface area (Å²) in [5.74, 6) is 0. The van der Waals surface area contributed by atoms with Crippen molar-refractivity contribution in [3.63, 3.8) is 0 Å². The number of nitrogens with zero attached hydrogens (tertiary/aromatic N) is 1. The molecule has 3 atom stereocenters. The third-order valence-electron chi connectivity index (χ3n) is 4.38. The SMILES string of the molecule is CCNC1CC2CCC(C1)N2C(C)CC. The van der Waals surface area contributed by atoms with Gasteiger partial charge in [-0.15, -0.1) is 0 Å². The van der Waals surface area contributed by atoms with Crippen LogP contribution in [-0.2, 0) is 0 Å². The molecule has 2 rings (SSSR count). The van der Waals surface area contributed by atoms with Crippen LogP contribution in [0.2, 0.25) is 0 Å². The minimum Gasteiger partial charge on any atom is -0.314 e.